The predicted octanol–water partition coefficient (Wildman–Crippen LogP) is 4.38. The van der Waals surface area contributed by atoms with Crippen LogP contribution >= 0.6 is 0 Å². The van der Waals surface area contributed by atoms with E-state index in [1.807, 2.05) is 12.1 Å². The van der Waals surface area contributed by atoms with Gasteiger partial charge in [-0.1, -0.05) is 20.8 Å². The third-order valence-corrected chi connectivity index (χ3v) is 6.29. The van der Waals surface area contributed by atoms with E-state index >= 15 is 0 Å². The molecule has 1 aliphatic heterocycles. The number of methoxy groups -OCH3 is 2. The number of pyridine rings is 1. The van der Waals surface area contributed by atoms with Crippen LogP contribution in [0.1, 0.15) is 45.6 Å². The third kappa shape index (κ3) is 2.70. The minimum absolute atomic E-state index is 0.404. The van der Waals surface area contributed by atoms with Crippen molar-refractivity contribution in [3.63, 3.8) is 0 Å². The SMILES string of the molecule is COc1ccc(OC)c2c(C)cc(N3C[C@@]4(C)C[C@@H]3CC(C)(C)C4)[nH+]c12. The number of nitrogens with one attached hydrogen (secondary N) is 1. The van der Waals surface area contributed by atoms with Gasteiger partial charge in [-0.3, -0.25) is 4.90 Å². The van der Waals surface area contributed by atoms with E-state index in [1.165, 1.54) is 30.6 Å². The quantitative estimate of drug-likeness (QED) is 0.819. The van der Waals surface area contributed by atoms with Gasteiger partial charge in [0.15, 0.2) is 11.3 Å². The molecule has 1 aromatic heterocycles. The fraction of sp³-hybridized carbons (Fsp3) is 0.591. The van der Waals surface area contributed by atoms with E-state index in [9.17, 15) is 0 Å². The summed E-state index contributed by atoms with van der Waals surface area (Å²) in [6.45, 7) is 10.6. The second-order valence-electron chi connectivity index (χ2n) is 9.40. The zero-order chi connectivity index (χ0) is 18.7. The summed E-state index contributed by atoms with van der Waals surface area (Å²) in [6, 6.07) is 6.84. The van der Waals surface area contributed by atoms with Gasteiger partial charge in [-0.25, -0.2) is 4.98 Å². The molecule has 0 radical (unpaired) electrons. The summed E-state index contributed by atoms with van der Waals surface area (Å²) in [5.74, 6) is 2.95. The van der Waals surface area contributed by atoms with Gasteiger partial charge in [-0.05, 0) is 49.3 Å². The molecule has 1 aliphatic carbocycles. The monoisotopic (exact) mass is 355 g/mol. The van der Waals surface area contributed by atoms with Crippen LogP contribution in [0.4, 0.5) is 5.82 Å². The minimum atomic E-state index is 0.404. The number of fused-ring (bicyclic) bond motifs is 3. The van der Waals surface area contributed by atoms with E-state index < -0.39 is 0 Å². The molecule has 1 saturated heterocycles. The molecular weight excluding hydrogens is 324 g/mol. The molecule has 4 heteroatoms. The van der Waals surface area contributed by atoms with Crippen molar-refractivity contribution in [1.82, 2.24) is 0 Å². The van der Waals surface area contributed by atoms with Gasteiger partial charge in [-0.2, -0.15) is 0 Å². The Hall–Kier alpha value is -1.97. The van der Waals surface area contributed by atoms with Crippen molar-refractivity contribution in [3.05, 3.63) is 23.8 Å². The Balaban J connectivity index is 1.84. The maximum atomic E-state index is 5.63. The normalized spacial score (nSPS) is 27.0. The zero-order valence-electron chi connectivity index (χ0n) is 16.9. The Bertz CT molecular complexity index is 861. The molecule has 2 bridgehead atoms. The third-order valence-electron chi connectivity index (χ3n) is 6.29. The number of hydrogen-bond acceptors (Lipinski definition) is 3. The first kappa shape index (κ1) is 17.4. The number of rotatable bonds is 3. The van der Waals surface area contributed by atoms with Crippen LogP contribution in [-0.2, 0) is 0 Å². The van der Waals surface area contributed by atoms with Crippen LogP contribution in [0.15, 0.2) is 18.2 Å². The predicted molar refractivity (Wildman–Crippen MR) is 105 cm³/mol. The fourth-order valence-corrected chi connectivity index (χ4v) is 5.76. The van der Waals surface area contributed by atoms with Gasteiger partial charge >= 0.3 is 0 Å². The lowest BCUT2D eigenvalue weighted by atomic mass is 9.65. The molecule has 0 amide bonds. The molecule has 2 aromatic rings. The first-order valence-electron chi connectivity index (χ1n) is 9.60. The summed E-state index contributed by atoms with van der Waals surface area (Å²) in [5.41, 5.74) is 3.06. The Morgan fingerprint density at radius 1 is 1.08 bits per heavy atom. The Kier molecular flexibility index (Phi) is 3.87. The van der Waals surface area contributed by atoms with E-state index in [-0.39, 0.29) is 0 Å². The number of aromatic amines is 1. The number of aromatic nitrogens is 1. The molecule has 140 valence electrons. The molecule has 2 atom stereocenters. The first-order chi connectivity index (χ1) is 12.3. The molecule has 1 aromatic carbocycles. The second kappa shape index (κ2) is 5.77. The smallest absolute Gasteiger partial charge is 0.275 e. The van der Waals surface area contributed by atoms with Gasteiger partial charge in [0.1, 0.15) is 5.75 Å². The van der Waals surface area contributed by atoms with Crippen LogP contribution in [0.3, 0.4) is 0 Å². The van der Waals surface area contributed by atoms with Gasteiger partial charge in [-0.15, -0.1) is 0 Å². The highest BCUT2D eigenvalue weighted by Crippen LogP contribution is 2.53. The van der Waals surface area contributed by atoms with Crippen LogP contribution in [0.5, 0.6) is 11.5 Å². The van der Waals surface area contributed by atoms with Crippen molar-refractivity contribution in [2.75, 3.05) is 25.7 Å². The van der Waals surface area contributed by atoms with E-state index in [1.54, 1.807) is 14.2 Å². The van der Waals surface area contributed by atoms with E-state index in [2.05, 4.69) is 43.6 Å². The van der Waals surface area contributed by atoms with Crippen molar-refractivity contribution >= 4 is 16.7 Å². The summed E-state index contributed by atoms with van der Waals surface area (Å²) in [7, 11) is 3.45. The van der Waals surface area contributed by atoms with Crippen molar-refractivity contribution < 1.29 is 14.5 Å². The zero-order valence-corrected chi connectivity index (χ0v) is 16.9. The summed E-state index contributed by atoms with van der Waals surface area (Å²) < 4.78 is 11.2. The van der Waals surface area contributed by atoms with Crippen LogP contribution in [-0.4, -0.2) is 26.8 Å². The standard InChI is InChI=1S/C22H30N2O2/c1-14-9-18(23-20-17(26-6)8-7-16(25-5)19(14)20)24-13-22(4)11-15(24)10-21(2,3)12-22/h7-9,15H,10-13H2,1-6H3/p+1/t15-,22-/m0/s1. The number of anilines is 1. The van der Waals surface area contributed by atoms with Crippen LogP contribution in [0, 0.1) is 17.8 Å². The maximum Gasteiger partial charge on any atom is 0.275 e. The maximum absolute atomic E-state index is 5.63. The molecule has 4 nitrogen and oxygen atoms in total. The lowest BCUT2D eigenvalue weighted by Crippen LogP contribution is -2.36. The molecule has 2 aliphatic rings. The fourth-order valence-electron chi connectivity index (χ4n) is 5.76. The number of aryl methyl sites for hydroxylation is 1. The summed E-state index contributed by atoms with van der Waals surface area (Å²) in [4.78, 5) is 6.28. The van der Waals surface area contributed by atoms with E-state index in [0.29, 0.717) is 16.9 Å². The van der Waals surface area contributed by atoms with Gasteiger partial charge < -0.3 is 9.47 Å². The first-order valence-corrected chi connectivity index (χ1v) is 9.60. The number of ether oxygens (including phenoxy) is 2. The molecule has 1 saturated carbocycles. The van der Waals surface area contributed by atoms with Gasteiger partial charge in [0.25, 0.3) is 5.82 Å². The molecule has 2 fully saturated rings. The number of hydrogen-bond donors (Lipinski definition) is 0. The van der Waals surface area contributed by atoms with E-state index in [0.717, 1.165) is 28.9 Å². The second-order valence-corrected chi connectivity index (χ2v) is 9.40. The Labute approximate surface area is 156 Å². The van der Waals surface area contributed by atoms with Crippen molar-refractivity contribution in [2.45, 2.75) is 53.0 Å². The molecule has 2 heterocycles. The molecular formula is C22H31N2O2+. The average Bonchev–Trinajstić information content (AvgIpc) is 2.82. The van der Waals surface area contributed by atoms with Crippen LogP contribution < -0.4 is 19.4 Å². The van der Waals surface area contributed by atoms with E-state index in [4.69, 9.17) is 9.47 Å². The van der Waals surface area contributed by atoms with Crippen molar-refractivity contribution in [2.24, 2.45) is 10.8 Å². The molecule has 0 unspecified atom stereocenters. The van der Waals surface area contributed by atoms with Crippen LogP contribution in [0.25, 0.3) is 10.9 Å². The number of H-pyrrole nitrogens is 1. The van der Waals surface area contributed by atoms with Gasteiger partial charge in [0, 0.05) is 11.5 Å². The molecule has 26 heavy (non-hydrogen) atoms. The number of benzene rings is 1. The average molecular weight is 356 g/mol. The van der Waals surface area contributed by atoms with Gasteiger partial charge in [0.05, 0.1) is 32.2 Å². The summed E-state index contributed by atoms with van der Waals surface area (Å²) >= 11 is 0. The van der Waals surface area contributed by atoms with Crippen molar-refractivity contribution in [3.8, 4) is 11.5 Å². The minimum Gasteiger partial charge on any atom is -0.496 e. The molecule has 4 rings (SSSR count). The highest BCUT2D eigenvalue weighted by atomic mass is 16.5. The highest BCUT2D eigenvalue weighted by molar-refractivity contribution is 5.91. The Morgan fingerprint density at radius 3 is 2.46 bits per heavy atom. The topological polar surface area (TPSA) is 35.8 Å². The lowest BCUT2D eigenvalue weighted by Gasteiger charge is -2.37. The molecule has 1 N–H and O–H groups in total. The number of nitrogens with zero attached hydrogens (tertiary/aromatic N) is 1. The van der Waals surface area contributed by atoms with Crippen LogP contribution in [0.2, 0.25) is 0 Å². The largest absolute Gasteiger partial charge is 0.496 e. The highest BCUT2D eigenvalue weighted by Gasteiger charge is 2.53. The molecule has 0 spiro atoms. The van der Waals surface area contributed by atoms with Crippen molar-refractivity contribution in [1.29, 1.82) is 0 Å². The summed E-state index contributed by atoms with van der Waals surface area (Å²) in [5, 5.41) is 1.10. The lowest BCUT2D eigenvalue weighted by molar-refractivity contribution is -0.331. The summed E-state index contributed by atoms with van der Waals surface area (Å²) in [6.07, 6.45) is 3.84. The van der Waals surface area contributed by atoms with Gasteiger partial charge in [0.2, 0.25) is 0 Å². The Morgan fingerprint density at radius 2 is 1.77 bits per heavy atom.